The maximum Gasteiger partial charge on any atom is 0.226 e. The second kappa shape index (κ2) is 5.94. The van der Waals surface area contributed by atoms with E-state index >= 15 is 0 Å². The standard InChI is InChI=1S/C15H21N3O2/c1-10-8-15(20)18(9-10)7-6-14(19)17-13-5-3-4-12(16)11(13)2/h3-5,10H,6-9,16H2,1-2H3,(H,17,19). The predicted octanol–water partition coefficient (Wildman–Crippen LogP) is 1.77. The lowest BCUT2D eigenvalue weighted by molar-refractivity contribution is -0.128. The molecule has 0 aromatic heterocycles. The largest absolute Gasteiger partial charge is 0.398 e. The highest BCUT2D eigenvalue weighted by atomic mass is 16.2. The molecule has 1 saturated heterocycles. The zero-order valence-electron chi connectivity index (χ0n) is 12.0. The predicted molar refractivity (Wildman–Crippen MR) is 79.2 cm³/mol. The van der Waals surface area contributed by atoms with Gasteiger partial charge in [0.05, 0.1) is 0 Å². The van der Waals surface area contributed by atoms with Gasteiger partial charge >= 0.3 is 0 Å². The van der Waals surface area contributed by atoms with Gasteiger partial charge in [-0.05, 0) is 30.5 Å². The SMILES string of the molecule is Cc1c(N)cccc1NC(=O)CCN1CC(C)CC1=O. The Balaban J connectivity index is 1.87. The zero-order chi connectivity index (χ0) is 14.7. The summed E-state index contributed by atoms with van der Waals surface area (Å²) in [5.74, 6) is 0.443. The summed E-state index contributed by atoms with van der Waals surface area (Å²) in [4.78, 5) is 25.3. The number of benzene rings is 1. The highest BCUT2D eigenvalue weighted by Crippen LogP contribution is 2.21. The molecule has 5 nitrogen and oxygen atoms in total. The van der Waals surface area contributed by atoms with Crippen molar-refractivity contribution in [2.45, 2.75) is 26.7 Å². The number of rotatable bonds is 4. The van der Waals surface area contributed by atoms with Crippen molar-refractivity contribution in [3.05, 3.63) is 23.8 Å². The maximum absolute atomic E-state index is 11.9. The number of nitrogens with zero attached hydrogens (tertiary/aromatic N) is 1. The molecule has 1 aliphatic rings. The number of nitrogens with two attached hydrogens (primary N) is 1. The molecule has 1 aromatic carbocycles. The van der Waals surface area contributed by atoms with Crippen molar-refractivity contribution in [1.29, 1.82) is 0 Å². The van der Waals surface area contributed by atoms with E-state index in [-0.39, 0.29) is 11.8 Å². The molecule has 3 N–H and O–H groups in total. The summed E-state index contributed by atoms with van der Waals surface area (Å²) in [6.07, 6.45) is 0.905. The van der Waals surface area contributed by atoms with E-state index in [9.17, 15) is 9.59 Å². The number of nitrogen functional groups attached to an aromatic ring is 1. The Kier molecular flexibility index (Phi) is 4.27. The third kappa shape index (κ3) is 3.29. The number of hydrogen-bond acceptors (Lipinski definition) is 3. The Labute approximate surface area is 119 Å². The molecule has 1 aliphatic heterocycles. The van der Waals surface area contributed by atoms with Crippen LogP contribution >= 0.6 is 0 Å². The van der Waals surface area contributed by atoms with Crippen LogP contribution in [0.1, 0.15) is 25.3 Å². The molecule has 2 amide bonds. The summed E-state index contributed by atoms with van der Waals surface area (Å²) in [6, 6.07) is 5.44. The molecule has 0 bridgehead atoms. The van der Waals surface area contributed by atoms with Crippen LogP contribution in [0.2, 0.25) is 0 Å². The lowest BCUT2D eigenvalue weighted by Crippen LogP contribution is -2.29. The van der Waals surface area contributed by atoms with Crippen LogP contribution in [0.25, 0.3) is 0 Å². The van der Waals surface area contributed by atoms with Crippen LogP contribution in [0.3, 0.4) is 0 Å². The number of carbonyl (C=O) groups is 2. The van der Waals surface area contributed by atoms with E-state index in [1.165, 1.54) is 0 Å². The number of likely N-dealkylation sites (tertiary alicyclic amines) is 1. The van der Waals surface area contributed by atoms with Crippen LogP contribution in [0, 0.1) is 12.8 Å². The fraction of sp³-hybridized carbons (Fsp3) is 0.467. The second-order valence-corrected chi connectivity index (χ2v) is 5.47. The molecule has 1 unspecified atom stereocenters. The van der Waals surface area contributed by atoms with E-state index < -0.39 is 0 Å². The number of hydrogen-bond donors (Lipinski definition) is 2. The number of anilines is 2. The van der Waals surface area contributed by atoms with Gasteiger partial charge in [0.2, 0.25) is 11.8 Å². The van der Waals surface area contributed by atoms with Gasteiger partial charge in [0.15, 0.2) is 0 Å². The lowest BCUT2D eigenvalue weighted by atomic mass is 10.1. The summed E-state index contributed by atoms with van der Waals surface area (Å²) >= 11 is 0. The van der Waals surface area contributed by atoms with Crippen LogP contribution in [-0.2, 0) is 9.59 Å². The monoisotopic (exact) mass is 275 g/mol. The minimum atomic E-state index is -0.0916. The van der Waals surface area contributed by atoms with Gasteiger partial charge in [-0.25, -0.2) is 0 Å². The van der Waals surface area contributed by atoms with Gasteiger partial charge in [-0.2, -0.15) is 0 Å². The molecule has 1 fully saturated rings. The van der Waals surface area contributed by atoms with E-state index in [0.717, 1.165) is 17.8 Å². The van der Waals surface area contributed by atoms with Crippen molar-refractivity contribution in [3.8, 4) is 0 Å². The maximum atomic E-state index is 11.9. The smallest absolute Gasteiger partial charge is 0.226 e. The first-order chi connectivity index (χ1) is 9.47. The quantitative estimate of drug-likeness (QED) is 0.822. The second-order valence-electron chi connectivity index (χ2n) is 5.47. The molecule has 0 saturated carbocycles. The van der Waals surface area contributed by atoms with Gasteiger partial charge in [-0.15, -0.1) is 0 Å². The molecule has 1 aromatic rings. The number of carbonyl (C=O) groups excluding carboxylic acids is 2. The van der Waals surface area contributed by atoms with E-state index in [1.54, 1.807) is 11.0 Å². The number of nitrogens with one attached hydrogen (secondary N) is 1. The summed E-state index contributed by atoms with van der Waals surface area (Å²) in [7, 11) is 0. The normalized spacial score (nSPS) is 18.4. The average Bonchev–Trinajstić information content (AvgIpc) is 2.71. The Bertz CT molecular complexity index is 528. The minimum absolute atomic E-state index is 0.0916. The Morgan fingerprint density at radius 2 is 2.25 bits per heavy atom. The zero-order valence-corrected chi connectivity index (χ0v) is 12.0. The van der Waals surface area contributed by atoms with Crippen molar-refractivity contribution in [2.75, 3.05) is 24.1 Å². The Hall–Kier alpha value is -2.04. The van der Waals surface area contributed by atoms with Crippen molar-refractivity contribution >= 4 is 23.2 Å². The van der Waals surface area contributed by atoms with Crippen molar-refractivity contribution in [3.63, 3.8) is 0 Å². The van der Waals surface area contributed by atoms with Gasteiger partial charge in [0, 0.05) is 37.3 Å². The average molecular weight is 275 g/mol. The highest BCUT2D eigenvalue weighted by molar-refractivity contribution is 5.92. The Morgan fingerprint density at radius 1 is 1.50 bits per heavy atom. The van der Waals surface area contributed by atoms with E-state index in [1.807, 2.05) is 26.0 Å². The summed E-state index contributed by atoms with van der Waals surface area (Å²) in [6.45, 7) is 5.16. The third-order valence-corrected chi connectivity index (χ3v) is 3.67. The van der Waals surface area contributed by atoms with Gasteiger partial charge in [0.25, 0.3) is 0 Å². The van der Waals surface area contributed by atoms with Crippen LogP contribution in [0.5, 0.6) is 0 Å². The summed E-state index contributed by atoms with van der Waals surface area (Å²) in [5, 5.41) is 2.84. The fourth-order valence-electron chi connectivity index (χ4n) is 2.42. The molecular weight excluding hydrogens is 254 g/mol. The first-order valence-electron chi connectivity index (χ1n) is 6.90. The van der Waals surface area contributed by atoms with Crippen LogP contribution < -0.4 is 11.1 Å². The van der Waals surface area contributed by atoms with E-state index in [4.69, 9.17) is 5.73 Å². The topological polar surface area (TPSA) is 75.4 Å². The molecule has 0 aliphatic carbocycles. The Morgan fingerprint density at radius 3 is 2.90 bits per heavy atom. The van der Waals surface area contributed by atoms with Crippen LogP contribution in [0.15, 0.2) is 18.2 Å². The van der Waals surface area contributed by atoms with Crippen molar-refractivity contribution in [1.82, 2.24) is 4.90 Å². The minimum Gasteiger partial charge on any atom is -0.398 e. The molecular formula is C15H21N3O2. The fourth-order valence-corrected chi connectivity index (χ4v) is 2.42. The first kappa shape index (κ1) is 14.4. The van der Waals surface area contributed by atoms with Gasteiger partial charge < -0.3 is 16.0 Å². The first-order valence-corrected chi connectivity index (χ1v) is 6.90. The lowest BCUT2D eigenvalue weighted by Gasteiger charge is -2.16. The molecule has 108 valence electrons. The van der Waals surface area contributed by atoms with E-state index in [2.05, 4.69) is 5.32 Å². The van der Waals surface area contributed by atoms with Crippen molar-refractivity contribution in [2.24, 2.45) is 5.92 Å². The van der Waals surface area contributed by atoms with Gasteiger partial charge in [0.1, 0.15) is 0 Å². The molecule has 2 rings (SSSR count). The van der Waals surface area contributed by atoms with Gasteiger partial charge in [-0.3, -0.25) is 9.59 Å². The summed E-state index contributed by atoms with van der Waals surface area (Å²) in [5.41, 5.74) is 8.06. The van der Waals surface area contributed by atoms with Crippen LogP contribution in [-0.4, -0.2) is 29.8 Å². The molecule has 0 radical (unpaired) electrons. The van der Waals surface area contributed by atoms with E-state index in [0.29, 0.717) is 31.0 Å². The van der Waals surface area contributed by atoms with Gasteiger partial charge in [-0.1, -0.05) is 13.0 Å². The number of amides is 2. The molecule has 1 atom stereocenters. The molecule has 1 heterocycles. The highest BCUT2D eigenvalue weighted by Gasteiger charge is 2.26. The van der Waals surface area contributed by atoms with Crippen LogP contribution in [0.4, 0.5) is 11.4 Å². The molecule has 20 heavy (non-hydrogen) atoms. The summed E-state index contributed by atoms with van der Waals surface area (Å²) < 4.78 is 0. The van der Waals surface area contributed by atoms with Crippen molar-refractivity contribution < 1.29 is 9.59 Å². The third-order valence-electron chi connectivity index (χ3n) is 3.67. The molecule has 5 heteroatoms. The molecule has 0 spiro atoms.